The van der Waals surface area contributed by atoms with Crippen LogP contribution in [0.1, 0.15) is 114 Å². The molecule has 166 valence electrons. The van der Waals surface area contributed by atoms with Gasteiger partial charge in [-0.15, -0.1) is 0 Å². The quantitative estimate of drug-likeness (QED) is 0.390. The van der Waals surface area contributed by atoms with Gasteiger partial charge in [0.25, 0.3) is 0 Å². The molecule has 0 aliphatic heterocycles. The fourth-order valence-electron chi connectivity index (χ4n) is 6.11. The summed E-state index contributed by atoms with van der Waals surface area (Å²) in [5.41, 5.74) is 0.276. The second-order valence-electron chi connectivity index (χ2n) is 10.2. The zero-order valence-electron chi connectivity index (χ0n) is 18.9. The fourth-order valence-corrected chi connectivity index (χ4v) is 6.11. The van der Waals surface area contributed by atoms with Gasteiger partial charge in [0, 0.05) is 0 Å². The molecule has 1 aromatic rings. The smallest absolute Gasteiger partial charge is 0.144 e. The Balaban J connectivity index is 1.42. The zero-order chi connectivity index (χ0) is 21.5. The Morgan fingerprint density at radius 1 is 0.933 bits per heavy atom. The highest BCUT2D eigenvalue weighted by Gasteiger charge is 2.29. The monoisotopic (exact) mass is 415 g/mol. The number of unbranched alkanes of at least 4 members (excludes halogenated alkanes) is 2. The van der Waals surface area contributed by atoms with Crippen molar-refractivity contribution in [3.05, 3.63) is 34.9 Å². The minimum Gasteiger partial charge on any atom is -0.205 e. The molecule has 0 N–H and O–H groups in total. The van der Waals surface area contributed by atoms with Crippen molar-refractivity contribution >= 4 is 0 Å². The Labute approximate surface area is 182 Å². The maximum Gasteiger partial charge on any atom is 0.144 e. The molecule has 2 aliphatic rings. The van der Waals surface area contributed by atoms with Gasteiger partial charge in [0.2, 0.25) is 0 Å². The molecule has 2 saturated carbocycles. The molecule has 30 heavy (non-hydrogen) atoms. The van der Waals surface area contributed by atoms with Gasteiger partial charge in [0.15, 0.2) is 0 Å². The van der Waals surface area contributed by atoms with Crippen molar-refractivity contribution in [2.45, 2.75) is 103 Å². The van der Waals surface area contributed by atoms with Gasteiger partial charge in [-0.2, -0.15) is 5.26 Å². The van der Waals surface area contributed by atoms with E-state index in [9.17, 15) is 8.78 Å². The van der Waals surface area contributed by atoms with E-state index in [1.807, 2.05) is 0 Å². The molecule has 2 aliphatic carbocycles. The van der Waals surface area contributed by atoms with E-state index < -0.39 is 17.2 Å². The third kappa shape index (κ3) is 6.05. The summed E-state index contributed by atoms with van der Waals surface area (Å²) in [6.45, 7) is 4.74. The lowest BCUT2D eigenvalue weighted by Crippen LogP contribution is -2.23. The van der Waals surface area contributed by atoms with Crippen LogP contribution < -0.4 is 0 Å². The maximum atomic E-state index is 14.0. The Morgan fingerprint density at radius 2 is 1.53 bits per heavy atom. The Kier molecular flexibility index (Phi) is 8.72. The normalized spacial score (nSPS) is 28.1. The van der Waals surface area contributed by atoms with E-state index in [2.05, 4.69) is 13.8 Å². The molecule has 1 aromatic carbocycles. The summed E-state index contributed by atoms with van der Waals surface area (Å²) in [4.78, 5) is 0. The molecule has 0 heterocycles. The predicted molar refractivity (Wildman–Crippen MR) is 119 cm³/mol. The van der Waals surface area contributed by atoms with E-state index in [4.69, 9.17) is 5.26 Å². The first-order chi connectivity index (χ1) is 14.5. The summed E-state index contributed by atoms with van der Waals surface area (Å²) in [5.74, 6) is 2.23. The van der Waals surface area contributed by atoms with Crippen molar-refractivity contribution in [3.63, 3.8) is 0 Å². The van der Waals surface area contributed by atoms with Gasteiger partial charge in [0.05, 0.1) is 0 Å². The van der Waals surface area contributed by atoms with Crippen LogP contribution in [-0.2, 0) is 0 Å². The SMILES string of the molecule is CCCCCC1CCC(C(C)CC2CCC(c3cc(F)c(C#N)c(F)c3)CC2)CC1. The highest BCUT2D eigenvalue weighted by atomic mass is 19.1. The van der Waals surface area contributed by atoms with Crippen LogP contribution in [0.4, 0.5) is 8.78 Å². The Hall–Kier alpha value is -1.43. The molecule has 3 heteroatoms. The van der Waals surface area contributed by atoms with Crippen molar-refractivity contribution in [2.24, 2.45) is 23.7 Å². The summed E-state index contributed by atoms with van der Waals surface area (Å²) < 4.78 is 27.9. The molecule has 0 spiro atoms. The van der Waals surface area contributed by atoms with Crippen LogP contribution in [0.15, 0.2) is 12.1 Å². The van der Waals surface area contributed by atoms with E-state index in [0.717, 1.165) is 54.9 Å². The van der Waals surface area contributed by atoms with Crippen molar-refractivity contribution in [1.82, 2.24) is 0 Å². The van der Waals surface area contributed by atoms with E-state index >= 15 is 0 Å². The molecule has 0 radical (unpaired) electrons. The predicted octanol–water partition coefficient (Wildman–Crippen LogP) is 8.52. The largest absolute Gasteiger partial charge is 0.205 e. The highest BCUT2D eigenvalue weighted by Crippen LogP contribution is 2.42. The molecule has 0 amide bonds. The topological polar surface area (TPSA) is 23.8 Å². The molecule has 1 atom stereocenters. The van der Waals surface area contributed by atoms with E-state index in [-0.39, 0.29) is 5.92 Å². The van der Waals surface area contributed by atoms with Crippen LogP contribution in [0.5, 0.6) is 0 Å². The number of hydrogen-bond donors (Lipinski definition) is 0. The van der Waals surface area contributed by atoms with Crippen molar-refractivity contribution in [2.75, 3.05) is 0 Å². The van der Waals surface area contributed by atoms with Crippen LogP contribution in [-0.4, -0.2) is 0 Å². The molecule has 1 nitrogen and oxygen atoms in total. The summed E-state index contributed by atoms with van der Waals surface area (Å²) in [6.07, 6.45) is 16.9. The minimum absolute atomic E-state index is 0.229. The van der Waals surface area contributed by atoms with Crippen LogP contribution in [0.2, 0.25) is 0 Å². The third-order valence-corrected chi connectivity index (χ3v) is 8.11. The van der Waals surface area contributed by atoms with E-state index in [1.165, 1.54) is 69.9 Å². The lowest BCUT2D eigenvalue weighted by atomic mass is 9.70. The molecule has 3 rings (SSSR count). The summed E-state index contributed by atoms with van der Waals surface area (Å²) in [5, 5.41) is 8.86. The van der Waals surface area contributed by atoms with Gasteiger partial charge in [0.1, 0.15) is 23.3 Å². The Morgan fingerprint density at radius 3 is 2.10 bits per heavy atom. The van der Waals surface area contributed by atoms with Crippen LogP contribution in [0.3, 0.4) is 0 Å². The first kappa shape index (κ1) is 23.2. The Bertz CT molecular complexity index is 683. The molecular weight excluding hydrogens is 376 g/mol. The lowest BCUT2D eigenvalue weighted by molar-refractivity contribution is 0.169. The van der Waals surface area contributed by atoms with Crippen LogP contribution in [0, 0.1) is 46.6 Å². The second kappa shape index (κ2) is 11.3. The number of benzene rings is 1. The zero-order valence-corrected chi connectivity index (χ0v) is 18.9. The minimum atomic E-state index is -0.714. The molecule has 0 bridgehead atoms. The van der Waals surface area contributed by atoms with Gasteiger partial charge in [-0.1, -0.05) is 52.4 Å². The van der Waals surface area contributed by atoms with Crippen LogP contribution >= 0.6 is 0 Å². The van der Waals surface area contributed by atoms with Gasteiger partial charge < -0.3 is 0 Å². The van der Waals surface area contributed by atoms with Crippen molar-refractivity contribution in [1.29, 1.82) is 5.26 Å². The lowest BCUT2D eigenvalue weighted by Gasteiger charge is -2.36. The van der Waals surface area contributed by atoms with Gasteiger partial charge in [-0.05, 0) is 92.2 Å². The van der Waals surface area contributed by atoms with Crippen LogP contribution in [0.25, 0.3) is 0 Å². The number of rotatable bonds is 8. The molecule has 2 fully saturated rings. The number of nitrogens with zero attached hydrogens (tertiary/aromatic N) is 1. The van der Waals surface area contributed by atoms with Gasteiger partial charge in [-0.25, -0.2) is 8.78 Å². The first-order valence-electron chi connectivity index (χ1n) is 12.4. The van der Waals surface area contributed by atoms with Crippen molar-refractivity contribution < 1.29 is 8.78 Å². The molecule has 1 unspecified atom stereocenters. The van der Waals surface area contributed by atoms with E-state index in [0.29, 0.717) is 0 Å². The average Bonchev–Trinajstić information content (AvgIpc) is 2.74. The maximum absolute atomic E-state index is 14.0. The molecule has 0 saturated heterocycles. The number of hydrogen-bond acceptors (Lipinski definition) is 1. The number of nitriles is 1. The summed E-state index contributed by atoms with van der Waals surface area (Å²) in [7, 11) is 0. The molecular formula is C27H39F2N. The third-order valence-electron chi connectivity index (χ3n) is 8.11. The fraction of sp³-hybridized carbons (Fsp3) is 0.741. The number of halogens is 2. The van der Waals surface area contributed by atoms with Gasteiger partial charge in [-0.3, -0.25) is 0 Å². The highest BCUT2D eigenvalue weighted by molar-refractivity contribution is 5.36. The summed E-state index contributed by atoms with van der Waals surface area (Å²) in [6, 6.07) is 4.38. The summed E-state index contributed by atoms with van der Waals surface area (Å²) >= 11 is 0. The second-order valence-corrected chi connectivity index (χ2v) is 10.2. The standard InChI is InChI=1S/C27H39F2N/c1-3-4-5-6-20-7-11-22(12-8-20)19(2)15-21-9-13-23(14-10-21)24-16-26(28)25(18-30)27(29)17-24/h16-17,19-23H,3-15H2,1-2H3. The van der Waals surface area contributed by atoms with Gasteiger partial charge >= 0.3 is 0 Å². The van der Waals surface area contributed by atoms with E-state index in [1.54, 1.807) is 6.07 Å². The first-order valence-corrected chi connectivity index (χ1v) is 12.4. The van der Waals surface area contributed by atoms with Crippen molar-refractivity contribution in [3.8, 4) is 6.07 Å². The molecule has 0 aromatic heterocycles. The average molecular weight is 416 g/mol.